The van der Waals surface area contributed by atoms with Gasteiger partial charge >= 0.3 is 0 Å². The first-order valence-corrected chi connectivity index (χ1v) is 49.3. The number of methoxy groups -OCH3 is 1. The monoisotopic (exact) mass is 1800 g/mol. The maximum atomic E-state index is 9.22. The molecular weight excluding hydrogens is 1610 g/mol. The summed E-state index contributed by atoms with van der Waals surface area (Å²) in [6.45, 7) is 88.2. The number of likely N-dealkylation sites (N-methyl/N-ethyl adjacent to an activating group) is 1. The number of aliphatic hydroxyl groups is 2. The summed E-state index contributed by atoms with van der Waals surface area (Å²) in [6.07, 6.45) is 20.5. The average molecular weight is 1800 g/mol. The Hall–Kier alpha value is -2.95. The zero-order valence-electron chi connectivity index (χ0n) is 84.8. The molecule has 6 aliphatic rings. The van der Waals surface area contributed by atoms with E-state index in [1.165, 1.54) is 102 Å². The summed E-state index contributed by atoms with van der Waals surface area (Å²) in [5.74, 6) is 0.851. The molecule has 123 heavy (non-hydrogen) atoms. The summed E-state index contributed by atoms with van der Waals surface area (Å²) in [7, 11) is 7.68. The van der Waals surface area contributed by atoms with E-state index in [1.807, 2.05) is 49.3 Å². The molecule has 0 radical (unpaired) electrons. The van der Waals surface area contributed by atoms with Crippen molar-refractivity contribution in [2.45, 2.75) is 348 Å². The molecule has 28 heteroatoms. The van der Waals surface area contributed by atoms with E-state index in [0.29, 0.717) is 98.7 Å². The smallest absolute Gasteiger partial charge is 0.209 e. The Morgan fingerprint density at radius 1 is 0.528 bits per heavy atom. The number of aromatic nitrogens is 9. The number of likely N-dealkylation sites (tertiary alicyclic amines) is 4. The van der Waals surface area contributed by atoms with E-state index < -0.39 is 0 Å². The van der Waals surface area contributed by atoms with E-state index in [2.05, 4.69) is 283 Å². The van der Waals surface area contributed by atoms with Crippen LogP contribution < -0.4 is 0 Å². The highest BCUT2D eigenvalue weighted by atomic mass is 32.2. The Labute approximate surface area is 766 Å². The molecule has 3 aromatic heterocycles. The maximum Gasteiger partial charge on any atom is 0.209 e. The van der Waals surface area contributed by atoms with Crippen LogP contribution >= 0.6 is 35.3 Å². The SMILES string of the molecule is C=CCN(C)C(C)(C)C.CC(C)(C)N1CCOCC1.CC(C)(C)N1CC[C@H](O)C1.CC(C)(C)SCCO.CC(C)N1CCCCC1.CC(C)N1CCCCCCC1.CC(C)N1CCOCCOCCOCCOCCOCC1.CC(C)Sc1nnnn1C.CC(C)n1cnc2ccccc21.COC[C@@H]1CCCN1C(C)(C)C.Cn1cnnc1SC(C)(C)C. The van der Waals surface area contributed by atoms with Crippen LogP contribution in [0.5, 0.6) is 0 Å². The van der Waals surface area contributed by atoms with Crippen molar-refractivity contribution >= 4 is 46.3 Å². The molecule has 10 rings (SSSR count). The Morgan fingerprint density at radius 2 is 0.984 bits per heavy atom. The summed E-state index contributed by atoms with van der Waals surface area (Å²) in [5.41, 5.74) is 3.42. The molecule has 25 nitrogen and oxygen atoms in total. The number of β-amino-alcohol motifs (C(OH)–C–C–N with tert-alkyl or cyclic N) is 1. The van der Waals surface area contributed by atoms with Gasteiger partial charge in [0.1, 0.15) is 6.33 Å². The van der Waals surface area contributed by atoms with E-state index in [0.717, 1.165) is 119 Å². The van der Waals surface area contributed by atoms with Gasteiger partial charge in [-0.25, -0.2) is 9.67 Å². The van der Waals surface area contributed by atoms with Crippen LogP contribution in [0.25, 0.3) is 11.0 Å². The summed E-state index contributed by atoms with van der Waals surface area (Å²) in [4.78, 5) is 21.4. The molecule has 0 aliphatic carbocycles. The second-order valence-corrected chi connectivity index (χ2v) is 44.9. The lowest BCUT2D eigenvalue weighted by atomic mass is 10.1. The molecule has 6 fully saturated rings. The number of hydrogen-bond donors (Lipinski definition) is 2. The van der Waals surface area contributed by atoms with Crippen molar-refractivity contribution in [2.24, 2.45) is 14.1 Å². The molecule has 0 spiro atoms. The fraction of sp³-hybridized carbons (Fsp3) is 0.874. The van der Waals surface area contributed by atoms with Gasteiger partial charge in [-0.05, 0) is 246 Å². The molecule has 0 bridgehead atoms. The highest BCUT2D eigenvalue weighted by Crippen LogP contribution is 2.30. The fourth-order valence-corrected chi connectivity index (χ4v) is 15.5. The number of piperidine rings is 1. The van der Waals surface area contributed by atoms with Gasteiger partial charge in [0.05, 0.1) is 116 Å². The van der Waals surface area contributed by atoms with Gasteiger partial charge in [0.25, 0.3) is 0 Å². The number of nitrogens with zero attached hydrogens (tertiary/aromatic N) is 16. The zero-order chi connectivity index (χ0) is 93.3. The van der Waals surface area contributed by atoms with Crippen LogP contribution in [0.3, 0.4) is 0 Å². The fourth-order valence-electron chi connectivity index (χ4n) is 13.2. The molecular formula is C95H190N16O9S3. The topological polar surface area (TPSA) is 220 Å². The molecule has 6 saturated heterocycles. The number of imidazole rings is 1. The van der Waals surface area contributed by atoms with Crippen molar-refractivity contribution in [3.63, 3.8) is 0 Å². The van der Waals surface area contributed by atoms with Crippen molar-refractivity contribution in [1.82, 2.24) is 78.8 Å². The Bertz CT molecular complexity index is 3070. The second kappa shape index (κ2) is 67.3. The first kappa shape index (κ1) is 120. The number of aryl methyl sites for hydroxylation is 2. The number of rotatable bonds is 13. The third kappa shape index (κ3) is 62.1. The van der Waals surface area contributed by atoms with E-state index in [9.17, 15) is 5.11 Å². The van der Waals surface area contributed by atoms with Gasteiger partial charge in [-0.2, -0.15) is 11.8 Å². The summed E-state index contributed by atoms with van der Waals surface area (Å²) in [6, 6.07) is 11.3. The van der Waals surface area contributed by atoms with Gasteiger partial charge in [-0.15, -0.1) is 21.9 Å². The molecule has 4 aromatic rings. The standard InChI is InChI=1S/C15H31NO5.C10H12N2.C10H21NO.C10H21N.2C8H17NO.2C8H17N.C7H13N3S.C6H14OS.C5H10N4S/c1-15(2)16-3-5-17-7-9-19-11-13-21-14-12-20-10-8-18-6-4-16;1-8(2)12-7-11-9-5-3-4-6-10(9)12;1-10(2,3)11-7-5-6-9(11)8-12-4;1-10(2)11-8-6-4-3-5-7-9-11;1-8(2,3)9-4-6-10-7-5-9;1-8(2,3)9-5-4-7(10)6-9;1-8(2)9-6-4-3-5-7-9;1-6-7-9(5)8(2,3)4;1-7(2,3)11-6-9-8-5-10(6)4;1-6(2,3)8-5-4-7;1-4(2)10-5-6-7-8-9(5)3/h15H,3-14H2,1-2H3;3-8H,1-2H3;9H,5-8H2,1-4H3;10H,3-9H2,1-2H3;4-7H2,1-3H3;7,10H,4-6H2,1-3H3;8H,3-7H2,1-2H3;6H,1,7H2,2-5H3;5H,1-4H3;7H,4-5H2,1-3H3;4H,1-3H3/t;;9-;;;7-;;;;;/m..0..0...../s1. The van der Waals surface area contributed by atoms with Crippen molar-refractivity contribution in [3.05, 3.63) is 49.6 Å². The average Bonchev–Trinajstić information content (AvgIpc) is 1.68. The van der Waals surface area contributed by atoms with E-state index in [1.54, 1.807) is 53.4 Å². The Morgan fingerprint density at radius 3 is 1.33 bits per heavy atom. The maximum absolute atomic E-state index is 9.22. The van der Waals surface area contributed by atoms with Crippen LogP contribution in [-0.2, 0) is 47.3 Å². The second-order valence-electron chi connectivity index (χ2n) is 39.7. The zero-order valence-corrected chi connectivity index (χ0v) is 87.2. The number of benzene rings is 1. The number of aliphatic hydroxyl groups excluding tert-OH is 2. The van der Waals surface area contributed by atoms with Gasteiger partial charge in [0.15, 0.2) is 5.16 Å². The summed E-state index contributed by atoms with van der Waals surface area (Å²) < 4.78 is 44.2. The van der Waals surface area contributed by atoms with Gasteiger partial charge in [-0.1, -0.05) is 123 Å². The van der Waals surface area contributed by atoms with Crippen LogP contribution in [0.1, 0.15) is 271 Å². The van der Waals surface area contributed by atoms with Gasteiger partial charge in [-0.3, -0.25) is 24.5 Å². The van der Waals surface area contributed by atoms with Crippen LogP contribution in [0.15, 0.2) is 59.9 Å². The lowest BCUT2D eigenvalue weighted by Gasteiger charge is -2.38. The van der Waals surface area contributed by atoms with Crippen molar-refractivity contribution in [1.29, 1.82) is 0 Å². The first-order valence-electron chi connectivity index (χ1n) is 46.6. The highest BCUT2D eigenvalue weighted by Gasteiger charge is 2.33. The molecule has 2 N–H and O–H groups in total. The number of thioether (sulfide) groups is 3. The quantitative estimate of drug-likeness (QED) is 0.0938. The van der Waals surface area contributed by atoms with Gasteiger partial charge in [0, 0.05) is 140 Å². The molecule has 722 valence electrons. The molecule has 0 unspecified atom stereocenters. The number of morpholine rings is 1. The van der Waals surface area contributed by atoms with Gasteiger partial charge in [0.2, 0.25) is 5.16 Å². The van der Waals surface area contributed by atoms with Crippen LogP contribution in [0, 0.1) is 0 Å². The third-order valence-corrected chi connectivity index (χ3v) is 24.3. The number of tetrazole rings is 1. The minimum absolute atomic E-state index is 0.0841. The highest BCUT2D eigenvalue weighted by molar-refractivity contribution is 8.00. The first-order chi connectivity index (χ1) is 57.6. The molecule has 0 saturated carbocycles. The van der Waals surface area contributed by atoms with Crippen LogP contribution in [0.4, 0.5) is 0 Å². The normalized spacial score (nSPS) is 19.3. The largest absolute Gasteiger partial charge is 0.396 e. The van der Waals surface area contributed by atoms with Crippen molar-refractivity contribution < 1.29 is 43.4 Å². The van der Waals surface area contributed by atoms with Crippen molar-refractivity contribution in [2.75, 3.05) is 191 Å². The lowest BCUT2D eigenvalue weighted by Crippen LogP contribution is -2.47. The van der Waals surface area contributed by atoms with E-state index in [-0.39, 0.29) is 21.9 Å². The molecule has 6 aliphatic heterocycles. The van der Waals surface area contributed by atoms with E-state index in [4.69, 9.17) is 38.3 Å². The molecule has 0 amide bonds. The number of hydrogen-bond acceptors (Lipinski definition) is 25. The number of para-hydroxylation sites is 2. The van der Waals surface area contributed by atoms with Crippen LogP contribution in [-0.4, -0.2) is 347 Å². The van der Waals surface area contributed by atoms with Gasteiger partial charge < -0.3 is 62.3 Å². The van der Waals surface area contributed by atoms with E-state index >= 15 is 0 Å². The van der Waals surface area contributed by atoms with Crippen molar-refractivity contribution in [3.8, 4) is 0 Å². The summed E-state index contributed by atoms with van der Waals surface area (Å²) >= 11 is 5.17. The number of ether oxygens (including phenoxy) is 7. The Kier molecular flexibility index (Phi) is 65.7. The predicted molar refractivity (Wildman–Crippen MR) is 525 cm³/mol. The predicted octanol–water partition coefficient (Wildman–Crippen LogP) is 17.6. The molecule has 1 aromatic carbocycles. The Balaban J connectivity index is 0.00000135. The summed E-state index contributed by atoms with van der Waals surface area (Å²) in [5, 5.41) is 38.8. The minimum Gasteiger partial charge on any atom is -0.396 e. The lowest BCUT2D eigenvalue weighted by molar-refractivity contribution is -0.0202. The minimum atomic E-state index is -0.0841. The third-order valence-electron chi connectivity index (χ3n) is 20.9. The number of fused-ring (bicyclic) bond motifs is 1. The molecule has 9 heterocycles. The molecule has 2 atom stereocenters. The van der Waals surface area contributed by atoms with Crippen LogP contribution in [0.2, 0.25) is 0 Å².